The number of ether oxygens (including phenoxy) is 1. The molecule has 0 aliphatic rings. The van der Waals surface area contributed by atoms with Crippen LogP contribution in [0.1, 0.15) is 23.1 Å². The Balaban J connectivity index is 2.02. The number of H-pyrrole nitrogens is 1. The molecule has 0 spiro atoms. The molecule has 0 bridgehead atoms. The highest BCUT2D eigenvalue weighted by atomic mass is 16.5. The summed E-state index contributed by atoms with van der Waals surface area (Å²) in [4.78, 5) is 19.1. The van der Waals surface area contributed by atoms with Gasteiger partial charge in [-0.05, 0) is 26.0 Å². The number of carbonyl (C=O) groups is 1. The van der Waals surface area contributed by atoms with Crippen molar-refractivity contribution in [2.24, 2.45) is 0 Å². The standard InChI is InChI=1S/C15H14N2O3/c1-3-19-15(18)13-9(2)16-14(17-13)12-8-10-6-4-5-7-11(10)20-12/h4-8H,3H2,1-2H3,(H,16,17). The minimum absolute atomic E-state index is 0.294. The molecule has 0 fully saturated rings. The summed E-state index contributed by atoms with van der Waals surface area (Å²) in [5.41, 5.74) is 1.75. The van der Waals surface area contributed by atoms with Gasteiger partial charge in [-0.15, -0.1) is 0 Å². The number of furan rings is 1. The van der Waals surface area contributed by atoms with Crippen LogP contribution in [0.4, 0.5) is 0 Å². The zero-order chi connectivity index (χ0) is 14.1. The van der Waals surface area contributed by atoms with Crippen molar-refractivity contribution in [2.75, 3.05) is 6.61 Å². The number of esters is 1. The quantitative estimate of drug-likeness (QED) is 0.741. The molecule has 2 aromatic heterocycles. The molecule has 3 rings (SSSR count). The van der Waals surface area contributed by atoms with Crippen molar-refractivity contribution < 1.29 is 13.9 Å². The Bertz CT molecular complexity index is 737. The number of nitrogens with zero attached hydrogens (tertiary/aromatic N) is 1. The second kappa shape index (κ2) is 4.85. The minimum Gasteiger partial charge on any atom is -0.461 e. The first-order chi connectivity index (χ1) is 9.69. The second-order valence-corrected chi connectivity index (χ2v) is 4.43. The van der Waals surface area contributed by atoms with Crippen molar-refractivity contribution in [1.29, 1.82) is 0 Å². The van der Waals surface area contributed by atoms with Crippen LogP contribution in [0.5, 0.6) is 0 Å². The predicted molar refractivity (Wildman–Crippen MR) is 74.5 cm³/mol. The Labute approximate surface area is 115 Å². The summed E-state index contributed by atoms with van der Waals surface area (Å²) in [6.07, 6.45) is 0. The van der Waals surface area contributed by atoms with E-state index in [4.69, 9.17) is 9.15 Å². The Morgan fingerprint density at radius 3 is 2.95 bits per heavy atom. The predicted octanol–water partition coefficient (Wildman–Crippen LogP) is 3.31. The van der Waals surface area contributed by atoms with Gasteiger partial charge < -0.3 is 14.1 Å². The van der Waals surface area contributed by atoms with Gasteiger partial charge in [0.05, 0.1) is 6.61 Å². The van der Waals surface area contributed by atoms with E-state index in [-0.39, 0.29) is 0 Å². The van der Waals surface area contributed by atoms with E-state index < -0.39 is 5.97 Å². The first-order valence-corrected chi connectivity index (χ1v) is 6.41. The smallest absolute Gasteiger partial charge is 0.358 e. The Kier molecular flexibility index (Phi) is 3.02. The van der Waals surface area contributed by atoms with Crippen LogP contribution in [0, 0.1) is 6.92 Å². The first kappa shape index (κ1) is 12.5. The topological polar surface area (TPSA) is 68.1 Å². The molecule has 1 aromatic carbocycles. The average Bonchev–Trinajstić information content (AvgIpc) is 3.02. The van der Waals surface area contributed by atoms with E-state index in [0.29, 0.717) is 29.6 Å². The molecule has 5 heteroatoms. The molecule has 3 aromatic rings. The zero-order valence-corrected chi connectivity index (χ0v) is 11.3. The molecule has 0 aliphatic carbocycles. The summed E-state index contributed by atoms with van der Waals surface area (Å²) in [5, 5.41) is 0.995. The van der Waals surface area contributed by atoms with Crippen LogP contribution in [-0.4, -0.2) is 22.5 Å². The number of benzene rings is 1. The van der Waals surface area contributed by atoms with Gasteiger partial charge in [0.1, 0.15) is 5.58 Å². The third-order valence-electron chi connectivity index (χ3n) is 3.01. The number of hydrogen-bond donors (Lipinski definition) is 1. The number of imidazole rings is 1. The largest absolute Gasteiger partial charge is 0.461 e. The number of para-hydroxylation sites is 1. The Morgan fingerprint density at radius 1 is 1.40 bits per heavy atom. The second-order valence-electron chi connectivity index (χ2n) is 4.43. The van der Waals surface area contributed by atoms with Crippen LogP contribution in [0.25, 0.3) is 22.6 Å². The normalized spacial score (nSPS) is 10.9. The highest BCUT2D eigenvalue weighted by Gasteiger charge is 2.18. The van der Waals surface area contributed by atoms with Crippen molar-refractivity contribution >= 4 is 16.9 Å². The maximum Gasteiger partial charge on any atom is 0.358 e. The lowest BCUT2D eigenvalue weighted by Crippen LogP contribution is -2.06. The van der Waals surface area contributed by atoms with Gasteiger partial charge in [0, 0.05) is 11.1 Å². The molecule has 1 N–H and O–H groups in total. The molecule has 0 radical (unpaired) electrons. The fourth-order valence-corrected chi connectivity index (χ4v) is 2.07. The molecular formula is C15H14N2O3. The number of aromatic amines is 1. The molecular weight excluding hydrogens is 256 g/mol. The van der Waals surface area contributed by atoms with E-state index in [1.165, 1.54) is 0 Å². The number of aryl methyl sites for hydroxylation is 1. The molecule has 0 unspecified atom stereocenters. The highest BCUT2D eigenvalue weighted by Crippen LogP contribution is 2.26. The fraction of sp³-hybridized carbons (Fsp3) is 0.200. The molecule has 0 amide bonds. The maximum absolute atomic E-state index is 11.7. The maximum atomic E-state index is 11.7. The van der Waals surface area contributed by atoms with E-state index in [1.807, 2.05) is 30.3 Å². The molecule has 0 saturated heterocycles. The van der Waals surface area contributed by atoms with Crippen molar-refractivity contribution in [3.8, 4) is 11.6 Å². The monoisotopic (exact) mass is 270 g/mol. The SMILES string of the molecule is CCOC(=O)c1nc(-c2cc3ccccc3o2)[nH]c1C. The number of carbonyl (C=O) groups excluding carboxylic acids is 1. The van der Waals surface area contributed by atoms with Crippen LogP contribution in [-0.2, 0) is 4.74 Å². The Hall–Kier alpha value is -2.56. The van der Waals surface area contributed by atoms with Crippen LogP contribution < -0.4 is 0 Å². The molecule has 102 valence electrons. The van der Waals surface area contributed by atoms with E-state index in [2.05, 4.69) is 9.97 Å². The van der Waals surface area contributed by atoms with Gasteiger partial charge in [-0.2, -0.15) is 0 Å². The molecule has 0 aliphatic heterocycles. The lowest BCUT2D eigenvalue weighted by molar-refractivity contribution is 0.0519. The van der Waals surface area contributed by atoms with Gasteiger partial charge in [0.25, 0.3) is 0 Å². The van der Waals surface area contributed by atoms with Gasteiger partial charge in [-0.25, -0.2) is 9.78 Å². The molecule has 2 heterocycles. The number of rotatable bonds is 3. The number of hydrogen-bond acceptors (Lipinski definition) is 4. The van der Waals surface area contributed by atoms with Gasteiger partial charge >= 0.3 is 5.97 Å². The lowest BCUT2D eigenvalue weighted by atomic mass is 10.2. The minimum atomic E-state index is -0.427. The van der Waals surface area contributed by atoms with E-state index in [9.17, 15) is 4.79 Å². The molecule has 5 nitrogen and oxygen atoms in total. The van der Waals surface area contributed by atoms with Crippen molar-refractivity contribution in [1.82, 2.24) is 9.97 Å². The first-order valence-electron chi connectivity index (χ1n) is 6.41. The third kappa shape index (κ3) is 2.07. The lowest BCUT2D eigenvalue weighted by Gasteiger charge is -1.97. The zero-order valence-electron chi connectivity index (χ0n) is 11.3. The van der Waals surface area contributed by atoms with Gasteiger partial charge in [-0.3, -0.25) is 0 Å². The summed E-state index contributed by atoms with van der Waals surface area (Å²) in [6.45, 7) is 3.87. The number of nitrogens with one attached hydrogen (secondary N) is 1. The van der Waals surface area contributed by atoms with Crippen LogP contribution >= 0.6 is 0 Å². The summed E-state index contributed by atoms with van der Waals surface area (Å²) >= 11 is 0. The van der Waals surface area contributed by atoms with Crippen molar-refractivity contribution in [3.63, 3.8) is 0 Å². The number of aromatic nitrogens is 2. The van der Waals surface area contributed by atoms with E-state index >= 15 is 0 Å². The molecule has 0 atom stereocenters. The van der Waals surface area contributed by atoms with Crippen LogP contribution in [0.2, 0.25) is 0 Å². The summed E-state index contributed by atoms with van der Waals surface area (Å²) < 4.78 is 10.7. The van der Waals surface area contributed by atoms with Gasteiger partial charge in [0.2, 0.25) is 0 Å². The highest BCUT2D eigenvalue weighted by molar-refractivity contribution is 5.89. The van der Waals surface area contributed by atoms with Gasteiger partial charge in [-0.1, -0.05) is 18.2 Å². The average molecular weight is 270 g/mol. The molecule has 20 heavy (non-hydrogen) atoms. The van der Waals surface area contributed by atoms with Crippen LogP contribution in [0.15, 0.2) is 34.7 Å². The van der Waals surface area contributed by atoms with E-state index in [1.54, 1.807) is 13.8 Å². The van der Waals surface area contributed by atoms with Gasteiger partial charge in [0.15, 0.2) is 17.3 Å². The van der Waals surface area contributed by atoms with Crippen molar-refractivity contribution in [3.05, 3.63) is 41.7 Å². The summed E-state index contributed by atoms with van der Waals surface area (Å²) in [5.74, 6) is 0.704. The van der Waals surface area contributed by atoms with Crippen LogP contribution in [0.3, 0.4) is 0 Å². The number of fused-ring (bicyclic) bond motifs is 1. The summed E-state index contributed by atoms with van der Waals surface area (Å²) in [7, 11) is 0. The Morgan fingerprint density at radius 2 is 2.20 bits per heavy atom. The molecule has 0 saturated carbocycles. The summed E-state index contributed by atoms with van der Waals surface area (Å²) in [6, 6.07) is 9.60. The fourth-order valence-electron chi connectivity index (χ4n) is 2.07. The van der Waals surface area contributed by atoms with E-state index in [0.717, 1.165) is 11.0 Å². The van der Waals surface area contributed by atoms with Crippen molar-refractivity contribution in [2.45, 2.75) is 13.8 Å². The third-order valence-corrected chi connectivity index (χ3v) is 3.01.